The molecule has 0 radical (unpaired) electrons. The van der Waals surface area contributed by atoms with Crippen molar-refractivity contribution in [1.82, 2.24) is 0 Å². The zero-order chi connectivity index (χ0) is 22.0. The van der Waals surface area contributed by atoms with Crippen LogP contribution in [0.1, 0.15) is 47.1 Å². The molecule has 1 aromatic rings. The summed E-state index contributed by atoms with van der Waals surface area (Å²) in [5.74, 6) is -0.709. The molecule has 1 aliphatic rings. The number of nitro benzene ring substituents is 1. The lowest BCUT2D eigenvalue weighted by Gasteiger charge is -2.25. The monoisotopic (exact) mass is 407 g/mol. The van der Waals surface area contributed by atoms with Gasteiger partial charge in [-0.05, 0) is 47.1 Å². The molecule has 1 saturated heterocycles. The fourth-order valence-electron chi connectivity index (χ4n) is 3.36. The maximum Gasteiger partial charge on any atom is 0.362 e. The lowest BCUT2D eigenvalue weighted by molar-refractivity contribution is -0.798. The summed E-state index contributed by atoms with van der Waals surface area (Å²) in [6.45, 7) is 11.7. The first-order valence-corrected chi connectivity index (χ1v) is 9.72. The molecule has 1 aromatic carbocycles. The van der Waals surface area contributed by atoms with E-state index in [1.165, 1.54) is 12.1 Å². The van der Waals surface area contributed by atoms with Crippen molar-refractivity contribution in [1.29, 1.82) is 0 Å². The fourth-order valence-corrected chi connectivity index (χ4v) is 3.36. The third kappa shape index (κ3) is 7.12. The van der Waals surface area contributed by atoms with E-state index in [0.717, 1.165) is 5.56 Å². The number of hydrogen-bond donors (Lipinski definition) is 0. The molecule has 0 N–H and O–H groups in total. The van der Waals surface area contributed by atoms with Crippen LogP contribution in [0.25, 0.3) is 0 Å². The lowest BCUT2D eigenvalue weighted by Crippen LogP contribution is -2.43. The van der Waals surface area contributed by atoms with E-state index >= 15 is 0 Å². The highest BCUT2D eigenvalue weighted by molar-refractivity contribution is 5.74. The minimum atomic E-state index is -0.600. The van der Waals surface area contributed by atoms with E-state index in [1.807, 2.05) is 0 Å². The van der Waals surface area contributed by atoms with Gasteiger partial charge >= 0.3 is 11.9 Å². The molecular weight excluding hydrogens is 376 g/mol. The number of hydrogen-bond acceptors (Lipinski definition) is 6. The van der Waals surface area contributed by atoms with Crippen LogP contribution in [0.4, 0.5) is 5.69 Å². The standard InChI is InChI=1S/C21H31N2O6/c1-20(2,3)28-18(24)13-23(14-19(25)29-21(4,5)6)12-17(23)11-15-7-9-16(10-8-15)22(26)27/h7-10,17H,11-14H2,1-6H3/q+1. The molecule has 1 unspecified atom stereocenters. The average Bonchev–Trinajstić information content (AvgIpc) is 3.14. The maximum atomic E-state index is 12.4. The van der Waals surface area contributed by atoms with Gasteiger partial charge in [0.1, 0.15) is 23.8 Å². The third-order valence-corrected chi connectivity index (χ3v) is 4.56. The van der Waals surface area contributed by atoms with Crippen molar-refractivity contribution in [3.63, 3.8) is 0 Å². The van der Waals surface area contributed by atoms with Gasteiger partial charge in [0.25, 0.3) is 5.69 Å². The van der Waals surface area contributed by atoms with Gasteiger partial charge in [0.15, 0.2) is 13.1 Å². The van der Waals surface area contributed by atoms with Gasteiger partial charge in [0, 0.05) is 18.6 Å². The first-order chi connectivity index (χ1) is 13.2. The van der Waals surface area contributed by atoms with Crippen molar-refractivity contribution in [3.8, 4) is 0 Å². The zero-order valence-electron chi connectivity index (χ0n) is 18.1. The number of nitrogens with zero attached hydrogens (tertiary/aromatic N) is 2. The predicted octanol–water partition coefficient (Wildman–Crippen LogP) is 3.02. The second-order valence-corrected chi connectivity index (χ2v) is 9.67. The van der Waals surface area contributed by atoms with Crippen molar-refractivity contribution in [2.24, 2.45) is 0 Å². The third-order valence-electron chi connectivity index (χ3n) is 4.56. The van der Waals surface area contributed by atoms with E-state index in [1.54, 1.807) is 53.7 Å². The number of ether oxygens (including phenoxy) is 2. The first-order valence-electron chi connectivity index (χ1n) is 9.72. The molecule has 8 nitrogen and oxygen atoms in total. The van der Waals surface area contributed by atoms with Crippen LogP contribution in [-0.4, -0.2) is 58.2 Å². The molecule has 0 amide bonds. The van der Waals surface area contributed by atoms with E-state index in [-0.39, 0.29) is 41.2 Å². The number of benzene rings is 1. The van der Waals surface area contributed by atoms with E-state index in [9.17, 15) is 19.7 Å². The lowest BCUT2D eigenvalue weighted by atomic mass is 10.1. The molecule has 29 heavy (non-hydrogen) atoms. The second-order valence-electron chi connectivity index (χ2n) is 9.67. The van der Waals surface area contributed by atoms with Crippen LogP contribution in [0, 0.1) is 10.1 Å². The molecule has 160 valence electrons. The van der Waals surface area contributed by atoms with Crippen LogP contribution < -0.4 is 0 Å². The van der Waals surface area contributed by atoms with Gasteiger partial charge < -0.3 is 9.47 Å². The van der Waals surface area contributed by atoms with Crippen LogP contribution >= 0.6 is 0 Å². The molecule has 0 spiro atoms. The number of non-ortho nitro benzene ring substituents is 1. The molecule has 1 atom stereocenters. The van der Waals surface area contributed by atoms with Crippen molar-refractivity contribution >= 4 is 17.6 Å². The molecule has 0 saturated carbocycles. The first kappa shape index (κ1) is 22.8. The Hall–Kier alpha value is -2.48. The minimum absolute atomic E-state index is 0.0350. The highest BCUT2D eigenvalue weighted by Crippen LogP contribution is 2.34. The molecular formula is C21H31N2O6+. The Morgan fingerprint density at radius 3 is 1.83 bits per heavy atom. The van der Waals surface area contributed by atoms with Gasteiger partial charge in [-0.2, -0.15) is 0 Å². The Bertz CT molecular complexity index is 744. The molecule has 1 heterocycles. The second kappa shape index (κ2) is 8.10. The largest absolute Gasteiger partial charge is 0.456 e. The number of carbonyl (C=O) groups is 2. The molecule has 0 aliphatic carbocycles. The summed E-state index contributed by atoms with van der Waals surface area (Å²) in [6, 6.07) is 6.41. The summed E-state index contributed by atoms with van der Waals surface area (Å²) in [7, 11) is 0. The average molecular weight is 407 g/mol. The van der Waals surface area contributed by atoms with Gasteiger partial charge in [-0.25, -0.2) is 9.59 Å². The molecule has 8 heteroatoms. The van der Waals surface area contributed by atoms with E-state index in [2.05, 4.69) is 0 Å². The van der Waals surface area contributed by atoms with Crippen LogP contribution in [0.5, 0.6) is 0 Å². The van der Waals surface area contributed by atoms with Crippen LogP contribution in [0.3, 0.4) is 0 Å². The smallest absolute Gasteiger partial charge is 0.362 e. The quantitative estimate of drug-likeness (QED) is 0.227. The Labute approximate surface area is 171 Å². The summed E-state index contributed by atoms with van der Waals surface area (Å²) in [5, 5.41) is 10.8. The summed E-state index contributed by atoms with van der Waals surface area (Å²) >= 11 is 0. The molecule has 0 bridgehead atoms. The van der Waals surface area contributed by atoms with Crippen LogP contribution in [-0.2, 0) is 25.5 Å². The van der Waals surface area contributed by atoms with Gasteiger partial charge in [-0.3, -0.25) is 14.6 Å². The van der Waals surface area contributed by atoms with E-state index in [4.69, 9.17) is 9.47 Å². The van der Waals surface area contributed by atoms with Gasteiger partial charge in [-0.15, -0.1) is 0 Å². The summed E-state index contributed by atoms with van der Waals surface area (Å²) in [4.78, 5) is 35.2. The molecule has 2 rings (SSSR count). The van der Waals surface area contributed by atoms with E-state index in [0.29, 0.717) is 13.0 Å². The van der Waals surface area contributed by atoms with Crippen molar-refractivity contribution in [2.45, 2.75) is 65.2 Å². The Balaban J connectivity index is 2.11. The zero-order valence-corrected chi connectivity index (χ0v) is 18.1. The topological polar surface area (TPSA) is 95.7 Å². The number of quaternary nitrogens is 1. The summed E-state index contributed by atoms with van der Waals surface area (Å²) in [6.07, 6.45) is 0.615. The highest BCUT2D eigenvalue weighted by atomic mass is 16.6. The van der Waals surface area contributed by atoms with E-state index < -0.39 is 16.1 Å². The van der Waals surface area contributed by atoms with Crippen molar-refractivity contribution in [3.05, 3.63) is 39.9 Å². The predicted molar refractivity (Wildman–Crippen MR) is 107 cm³/mol. The Morgan fingerprint density at radius 1 is 1.00 bits per heavy atom. The van der Waals surface area contributed by atoms with Gasteiger partial charge in [-0.1, -0.05) is 12.1 Å². The Morgan fingerprint density at radius 2 is 1.45 bits per heavy atom. The summed E-state index contributed by atoms with van der Waals surface area (Å²) < 4.78 is 11.2. The summed E-state index contributed by atoms with van der Waals surface area (Å²) in [5.41, 5.74) is -0.241. The van der Waals surface area contributed by atoms with Crippen molar-refractivity contribution < 1.29 is 28.5 Å². The van der Waals surface area contributed by atoms with Crippen molar-refractivity contribution in [2.75, 3.05) is 19.6 Å². The van der Waals surface area contributed by atoms with Gasteiger partial charge in [0.2, 0.25) is 0 Å². The number of carbonyl (C=O) groups excluding carboxylic acids is 2. The fraction of sp³-hybridized carbons (Fsp3) is 0.619. The molecule has 1 fully saturated rings. The SMILES string of the molecule is CC(C)(C)OC(=O)C[N+]1(CC(=O)OC(C)(C)C)CC1Cc1ccc([N+](=O)[O-])cc1. The highest BCUT2D eigenvalue weighted by Gasteiger charge is 2.57. The molecule has 0 aromatic heterocycles. The van der Waals surface area contributed by atoms with Crippen LogP contribution in [0.2, 0.25) is 0 Å². The number of rotatable bonds is 7. The molecule has 1 aliphatic heterocycles. The number of nitro groups is 1. The number of esters is 2. The van der Waals surface area contributed by atoms with Crippen LogP contribution in [0.15, 0.2) is 24.3 Å². The van der Waals surface area contributed by atoms with Gasteiger partial charge in [0.05, 0.1) is 4.92 Å². The maximum absolute atomic E-state index is 12.4. The Kier molecular flexibility index (Phi) is 6.37. The normalized spacial score (nSPS) is 18.1. The minimum Gasteiger partial charge on any atom is -0.456 e.